The van der Waals surface area contributed by atoms with Gasteiger partial charge in [-0.1, -0.05) is 0 Å². The number of ether oxygens (including phenoxy) is 3. The maximum Gasteiger partial charge on any atom is 0.125 e. The number of nitrogens with one attached hydrogen (secondary N) is 1. The highest BCUT2D eigenvalue weighted by atomic mass is 16.5. The molecule has 0 bridgehead atoms. The Kier molecular flexibility index (Phi) is 4.09. The van der Waals surface area contributed by atoms with Crippen LogP contribution in [0, 0.1) is 6.92 Å². The molecule has 100 valence electrons. The molecule has 1 aromatic carbocycles. The summed E-state index contributed by atoms with van der Waals surface area (Å²) < 4.78 is 16.8. The first-order valence-electron chi connectivity index (χ1n) is 6.24. The van der Waals surface area contributed by atoms with E-state index in [4.69, 9.17) is 14.2 Å². The minimum absolute atomic E-state index is 0.0122. The Morgan fingerprint density at radius 3 is 2.50 bits per heavy atom. The highest BCUT2D eigenvalue weighted by Gasteiger charge is 2.24. The molecule has 1 fully saturated rings. The molecule has 18 heavy (non-hydrogen) atoms. The Bertz CT molecular complexity index is 420. The van der Waals surface area contributed by atoms with Crippen LogP contribution in [0.15, 0.2) is 12.1 Å². The van der Waals surface area contributed by atoms with Gasteiger partial charge in [0.05, 0.1) is 26.4 Å². The summed E-state index contributed by atoms with van der Waals surface area (Å²) in [4.78, 5) is 0. The molecule has 0 amide bonds. The Labute approximate surface area is 108 Å². The molecule has 1 aliphatic rings. The van der Waals surface area contributed by atoms with Gasteiger partial charge in [0.2, 0.25) is 0 Å². The van der Waals surface area contributed by atoms with E-state index in [1.807, 2.05) is 19.1 Å². The molecule has 4 nitrogen and oxygen atoms in total. The minimum Gasteiger partial charge on any atom is -0.496 e. The molecule has 0 saturated carbocycles. The molecule has 1 aromatic rings. The van der Waals surface area contributed by atoms with Gasteiger partial charge in [-0.05, 0) is 31.5 Å². The largest absolute Gasteiger partial charge is 0.496 e. The fourth-order valence-electron chi connectivity index (χ4n) is 2.30. The standard InChI is InChI=1S/C14H21NO3/c1-9-5-13(17-4)11(6-12(9)16-3)14-8-15-7-10(2)18-14/h5-6,10,14-15H,7-8H2,1-4H3. The molecular weight excluding hydrogens is 230 g/mol. The molecule has 4 heteroatoms. The lowest BCUT2D eigenvalue weighted by molar-refractivity contribution is -0.0297. The minimum atomic E-state index is 0.0122. The van der Waals surface area contributed by atoms with Crippen LogP contribution in [0.4, 0.5) is 0 Å². The molecular formula is C14H21NO3. The van der Waals surface area contributed by atoms with Crippen LogP contribution in [0.5, 0.6) is 11.5 Å². The van der Waals surface area contributed by atoms with Crippen LogP contribution in [0.3, 0.4) is 0 Å². The van der Waals surface area contributed by atoms with E-state index in [0.29, 0.717) is 0 Å². The lowest BCUT2D eigenvalue weighted by Crippen LogP contribution is -2.39. The first-order chi connectivity index (χ1) is 8.65. The van der Waals surface area contributed by atoms with Gasteiger partial charge in [-0.25, -0.2) is 0 Å². The summed E-state index contributed by atoms with van der Waals surface area (Å²) in [5.74, 6) is 1.72. The second-order valence-electron chi connectivity index (χ2n) is 4.66. The van der Waals surface area contributed by atoms with Gasteiger partial charge in [0.15, 0.2) is 0 Å². The summed E-state index contributed by atoms with van der Waals surface area (Å²) in [7, 11) is 3.37. The van der Waals surface area contributed by atoms with E-state index in [0.717, 1.165) is 35.7 Å². The van der Waals surface area contributed by atoms with Gasteiger partial charge in [-0.3, -0.25) is 0 Å². The van der Waals surface area contributed by atoms with E-state index in [9.17, 15) is 0 Å². The quantitative estimate of drug-likeness (QED) is 0.892. The summed E-state index contributed by atoms with van der Waals surface area (Å²) in [6.07, 6.45) is 0.221. The van der Waals surface area contributed by atoms with Crippen LogP contribution < -0.4 is 14.8 Å². The zero-order valence-corrected chi connectivity index (χ0v) is 11.4. The SMILES string of the molecule is COc1cc(C2CNCC(C)O2)c(OC)cc1C. The number of hydrogen-bond donors (Lipinski definition) is 1. The zero-order chi connectivity index (χ0) is 13.1. The third-order valence-corrected chi connectivity index (χ3v) is 3.25. The molecule has 2 atom stereocenters. The molecule has 2 rings (SSSR count). The van der Waals surface area contributed by atoms with Gasteiger partial charge in [0.25, 0.3) is 0 Å². The molecule has 0 aliphatic carbocycles. The van der Waals surface area contributed by atoms with Gasteiger partial charge >= 0.3 is 0 Å². The van der Waals surface area contributed by atoms with E-state index in [2.05, 4.69) is 12.2 Å². The Balaban J connectivity index is 2.35. The maximum atomic E-state index is 5.96. The summed E-state index contributed by atoms with van der Waals surface area (Å²) in [6.45, 7) is 5.76. The van der Waals surface area contributed by atoms with Crippen LogP contribution in [-0.4, -0.2) is 33.4 Å². The predicted octanol–water partition coefficient (Wildman–Crippen LogP) is 2.06. The van der Waals surface area contributed by atoms with E-state index < -0.39 is 0 Å². The van der Waals surface area contributed by atoms with Crippen molar-refractivity contribution in [2.75, 3.05) is 27.3 Å². The van der Waals surface area contributed by atoms with Crippen molar-refractivity contribution in [2.24, 2.45) is 0 Å². The summed E-state index contributed by atoms with van der Waals surface area (Å²) >= 11 is 0. The average molecular weight is 251 g/mol. The molecule has 1 heterocycles. The number of methoxy groups -OCH3 is 2. The second kappa shape index (κ2) is 5.59. The molecule has 1 aliphatic heterocycles. The van der Waals surface area contributed by atoms with Crippen LogP contribution in [0.2, 0.25) is 0 Å². The van der Waals surface area contributed by atoms with Crippen LogP contribution in [0.25, 0.3) is 0 Å². The summed E-state index contributed by atoms with van der Waals surface area (Å²) in [5, 5.41) is 3.37. The lowest BCUT2D eigenvalue weighted by atomic mass is 10.0. The Morgan fingerprint density at radius 2 is 1.89 bits per heavy atom. The van der Waals surface area contributed by atoms with Crippen molar-refractivity contribution >= 4 is 0 Å². The van der Waals surface area contributed by atoms with Crippen LogP contribution in [-0.2, 0) is 4.74 Å². The molecule has 0 radical (unpaired) electrons. The van der Waals surface area contributed by atoms with E-state index in [1.165, 1.54) is 0 Å². The van der Waals surface area contributed by atoms with Gasteiger partial charge in [0, 0.05) is 18.7 Å². The first kappa shape index (κ1) is 13.2. The summed E-state index contributed by atoms with van der Waals surface area (Å²) in [5.41, 5.74) is 2.11. The Hall–Kier alpha value is -1.26. The number of aryl methyl sites for hydroxylation is 1. The maximum absolute atomic E-state index is 5.96. The fraction of sp³-hybridized carbons (Fsp3) is 0.571. The molecule has 0 spiro atoms. The van der Waals surface area contributed by atoms with E-state index in [-0.39, 0.29) is 12.2 Å². The van der Waals surface area contributed by atoms with Gasteiger partial charge in [-0.2, -0.15) is 0 Å². The normalized spacial score (nSPS) is 23.8. The number of hydrogen-bond acceptors (Lipinski definition) is 4. The van der Waals surface area contributed by atoms with Gasteiger partial charge < -0.3 is 19.5 Å². The molecule has 2 unspecified atom stereocenters. The van der Waals surface area contributed by atoms with Crippen molar-refractivity contribution in [1.82, 2.24) is 5.32 Å². The third-order valence-electron chi connectivity index (χ3n) is 3.25. The monoisotopic (exact) mass is 251 g/mol. The highest BCUT2D eigenvalue weighted by Crippen LogP contribution is 2.35. The Morgan fingerprint density at radius 1 is 1.17 bits per heavy atom. The van der Waals surface area contributed by atoms with Gasteiger partial charge in [-0.15, -0.1) is 0 Å². The van der Waals surface area contributed by atoms with Crippen molar-refractivity contribution in [1.29, 1.82) is 0 Å². The zero-order valence-electron chi connectivity index (χ0n) is 11.4. The lowest BCUT2D eigenvalue weighted by Gasteiger charge is -2.30. The van der Waals surface area contributed by atoms with Crippen molar-refractivity contribution in [3.63, 3.8) is 0 Å². The third kappa shape index (κ3) is 2.60. The smallest absolute Gasteiger partial charge is 0.125 e. The summed E-state index contributed by atoms with van der Waals surface area (Å²) in [6, 6.07) is 4.01. The predicted molar refractivity (Wildman–Crippen MR) is 70.4 cm³/mol. The first-order valence-corrected chi connectivity index (χ1v) is 6.24. The van der Waals surface area contributed by atoms with Crippen molar-refractivity contribution in [3.05, 3.63) is 23.3 Å². The van der Waals surface area contributed by atoms with E-state index >= 15 is 0 Å². The second-order valence-corrected chi connectivity index (χ2v) is 4.66. The van der Waals surface area contributed by atoms with Gasteiger partial charge in [0.1, 0.15) is 11.5 Å². The topological polar surface area (TPSA) is 39.7 Å². The van der Waals surface area contributed by atoms with Crippen LogP contribution in [0.1, 0.15) is 24.2 Å². The molecule has 1 N–H and O–H groups in total. The van der Waals surface area contributed by atoms with Crippen molar-refractivity contribution in [3.8, 4) is 11.5 Å². The number of benzene rings is 1. The number of rotatable bonds is 3. The average Bonchev–Trinajstić information content (AvgIpc) is 2.38. The molecule has 1 saturated heterocycles. The number of morpholine rings is 1. The van der Waals surface area contributed by atoms with Crippen molar-refractivity contribution in [2.45, 2.75) is 26.1 Å². The van der Waals surface area contributed by atoms with Crippen molar-refractivity contribution < 1.29 is 14.2 Å². The van der Waals surface area contributed by atoms with E-state index in [1.54, 1.807) is 14.2 Å². The highest BCUT2D eigenvalue weighted by molar-refractivity contribution is 5.47. The fourth-order valence-corrected chi connectivity index (χ4v) is 2.30. The molecule has 0 aromatic heterocycles. The van der Waals surface area contributed by atoms with Crippen LogP contribution >= 0.6 is 0 Å².